The normalized spacial score (nSPS) is 42.5. The summed E-state index contributed by atoms with van der Waals surface area (Å²) in [5, 5.41) is 27.5. The Labute approximate surface area is 71.2 Å². The first-order valence-electron chi connectivity index (χ1n) is 3.86. The first-order valence-corrected chi connectivity index (χ1v) is 3.86. The van der Waals surface area contributed by atoms with Gasteiger partial charge in [0, 0.05) is 0 Å². The predicted molar refractivity (Wildman–Crippen MR) is 41.4 cm³/mol. The zero-order chi connectivity index (χ0) is 9.30. The topological polar surface area (TPSA) is 73.2 Å². The number of ether oxygens (including phenoxy) is 1. The van der Waals surface area contributed by atoms with Crippen LogP contribution in [0.5, 0.6) is 0 Å². The maximum Gasteiger partial charge on any atom is 0.139 e. The quantitative estimate of drug-likeness (QED) is 0.454. The van der Waals surface area contributed by atoms with E-state index in [0.29, 0.717) is 0 Å². The van der Waals surface area contributed by atoms with Crippen LogP contribution in [-0.2, 0) is 4.74 Å². The van der Waals surface area contributed by atoms with E-state index in [2.05, 4.69) is 0 Å². The lowest BCUT2D eigenvalue weighted by molar-refractivity contribution is -0.0789. The molecular weight excluding hydrogens is 162 g/mol. The Morgan fingerprint density at radius 3 is 2.08 bits per heavy atom. The number of aliphatic hydroxyl groups excluding tert-OH is 3. The maximum atomic E-state index is 9.40. The molecule has 0 radical (unpaired) electrons. The summed E-state index contributed by atoms with van der Waals surface area (Å²) in [6.07, 6.45) is -3.15. The van der Waals surface area contributed by atoms with Gasteiger partial charge in [-0.3, -0.25) is 4.90 Å². The molecule has 4 atom stereocenters. The molecule has 1 saturated heterocycles. The zero-order valence-corrected chi connectivity index (χ0v) is 7.21. The summed E-state index contributed by atoms with van der Waals surface area (Å²) in [4.78, 5) is 1.66. The van der Waals surface area contributed by atoms with E-state index in [0.717, 1.165) is 0 Å². The van der Waals surface area contributed by atoms with Crippen molar-refractivity contribution in [1.29, 1.82) is 0 Å². The average Bonchev–Trinajstić information content (AvgIpc) is 2.30. The van der Waals surface area contributed by atoms with Crippen molar-refractivity contribution in [3.05, 3.63) is 0 Å². The van der Waals surface area contributed by atoms with Gasteiger partial charge in [0.25, 0.3) is 0 Å². The van der Waals surface area contributed by atoms with Gasteiger partial charge in [-0.05, 0) is 14.1 Å². The van der Waals surface area contributed by atoms with Crippen LogP contribution in [0.1, 0.15) is 0 Å². The number of hydrogen-bond donors (Lipinski definition) is 3. The maximum absolute atomic E-state index is 9.40. The Morgan fingerprint density at radius 2 is 1.83 bits per heavy atom. The van der Waals surface area contributed by atoms with Gasteiger partial charge in [0.05, 0.1) is 6.61 Å². The van der Waals surface area contributed by atoms with Crippen LogP contribution >= 0.6 is 0 Å². The van der Waals surface area contributed by atoms with Gasteiger partial charge in [-0.1, -0.05) is 0 Å². The molecule has 0 aliphatic carbocycles. The molecule has 0 amide bonds. The van der Waals surface area contributed by atoms with E-state index in [1.165, 1.54) is 0 Å². The number of rotatable bonds is 2. The highest BCUT2D eigenvalue weighted by molar-refractivity contribution is 4.88. The minimum atomic E-state index is -0.998. The molecule has 1 aliphatic rings. The highest BCUT2D eigenvalue weighted by Gasteiger charge is 2.43. The van der Waals surface area contributed by atoms with Crippen molar-refractivity contribution < 1.29 is 20.1 Å². The number of hydrogen-bond acceptors (Lipinski definition) is 5. The van der Waals surface area contributed by atoms with Crippen LogP contribution < -0.4 is 0 Å². The van der Waals surface area contributed by atoms with Crippen molar-refractivity contribution in [2.75, 3.05) is 20.7 Å². The fourth-order valence-corrected chi connectivity index (χ4v) is 1.31. The van der Waals surface area contributed by atoms with Gasteiger partial charge in [0.2, 0.25) is 0 Å². The second kappa shape index (κ2) is 3.68. The minimum Gasteiger partial charge on any atom is -0.394 e. The van der Waals surface area contributed by atoms with E-state index in [-0.39, 0.29) is 6.61 Å². The molecule has 0 aromatic heterocycles. The molecule has 1 rings (SSSR count). The SMILES string of the molecule is CN(C)C1OC(CO)C(O)C1O. The summed E-state index contributed by atoms with van der Waals surface area (Å²) in [5.41, 5.74) is 0. The van der Waals surface area contributed by atoms with Crippen LogP contribution in [0.3, 0.4) is 0 Å². The van der Waals surface area contributed by atoms with E-state index in [4.69, 9.17) is 9.84 Å². The van der Waals surface area contributed by atoms with Gasteiger partial charge in [0.1, 0.15) is 24.5 Å². The summed E-state index contributed by atoms with van der Waals surface area (Å²) in [6, 6.07) is 0. The molecule has 12 heavy (non-hydrogen) atoms. The largest absolute Gasteiger partial charge is 0.394 e. The third kappa shape index (κ3) is 1.60. The molecule has 1 aliphatic heterocycles. The zero-order valence-electron chi connectivity index (χ0n) is 7.21. The Bertz CT molecular complexity index is 152. The summed E-state index contributed by atoms with van der Waals surface area (Å²) in [6.45, 7) is -0.275. The van der Waals surface area contributed by atoms with Gasteiger partial charge in [-0.25, -0.2) is 0 Å². The molecule has 0 bridgehead atoms. The summed E-state index contributed by atoms with van der Waals surface area (Å²) in [5.74, 6) is 0. The van der Waals surface area contributed by atoms with Crippen molar-refractivity contribution in [2.45, 2.75) is 24.5 Å². The molecule has 72 valence electrons. The Hall–Kier alpha value is -0.200. The van der Waals surface area contributed by atoms with Crippen LogP contribution in [-0.4, -0.2) is 65.5 Å². The Morgan fingerprint density at radius 1 is 1.25 bits per heavy atom. The van der Waals surface area contributed by atoms with E-state index in [1.54, 1.807) is 19.0 Å². The molecule has 0 spiro atoms. The first-order chi connectivity index (χ1) is 5.57. The fourth-order valence-electron chi connectivity index (χ4n) is 1.31. The average molecular weight is 177 g/mol. The van der Waals surface area contributed by atoms with Gasteiger partial charge >= 0.3 is 0 Å². The molecule has 5 heteroatoms. The molecule has 3 N–H and O–H groups in total. The molecule has 5 nitrogen and oxygen atoms in total. The molecule has 1 fully saturated rings. The van der Waals surface area contributed by atoms with Crippen molar-refractivity contribution in [3.63, 3.8) is 0 Å². The van der Waals surface area contributed by atoms with Gasteiger partial charge in [-0.15, -0.1) is 0 Å². The smallest absolute Gasteiger partial charge is 0.139 e. The van der Waals surface area contributed by atoms with Crippen LogP contribution in [0, 0.1) is 0 Å². The van der Waals surface area contributed by atoms with Gasteiger partial charge in [0.15, 0.2) is 0 Å². The van der Waals surface area contributed by atoms with Crippen LogP contribution in [0.2, 0.25) is 0 Å². The molecule has 0 aromatic carbocycles. The van der Waals surface area contributed by atoms with E-state index in [9.17, 15) is 10.2 Å². The van der Waals surface area contributed by atoms with Crippen LogP contribution in [0.4, 0.5) is 0 Å². The standard InChI is InChI=1S/C7H15NO4/c1-8(2)7-6(11)5(10)4(3-9)12-7/h4-7,9-11H,3H2,1-2H3. The van der Waals surface area contributed by atoms with E-state index >= 15 is 0 Å². The predicted octanol–water partition coefficient (Wildman–Crippen LogP) is -2.01. The van der Waals surface area contributed by atoms with Crippen molar-refractivity contribution >= 4 is 0 Å². The van der Waals surface area contributed by atoms with Crippen LogP contribution in [0.15, 0.2) is 0 Å². The van der Waals surface area contributed by atoms with Gasteiger partial charge < -0.3 is 20.1 Å². The lowest BCUT2D eigenvalue weighted by Crippen LogP contribution is -2.40. The Kier molecular flexibility index (Phi) is 3.03. The number of nitrogens with zero attached hydrogens (tertiary/aromatic N) is 1. The minimum absolute atomic E-state index is 0.275. The first kappa shape index (κ1) is 9.88. The second-order valence-corrected chi connectivity index (χ2v) is 3.19. The van der Waals surface area contributed by atoms with E-state index < -0.39 is 24.5 Å². The lowest BCUT2D eigenvalue weighted by Gasteiger charge is -2.21. The highest BCUT2D eigenvalue weighted by Crippen LogP contribution is 2.21. The molecular formula is C7H15NO4. The lowest BCUT2D eigenvalue weighted by atomic mass is 10.1. The fraction of sp³-hybridized carbons (Fsp3) is 1.00. The molecule has 4 unspecified atom stereocenters. The third-order valence-corrected chi connectivity index (χ3v) is 2.03. The molecule has 1 heterocycles. The van der Waals surface area contributed by atoms with Crippen LogP contribution in [0.25, 0.3) is 0 Å². The highest BCUT2D eigenvalue weighted by atomic mass is 16.6. The number of likely N-dealkylation sites (N-methyl/N-ethyl adjacent to an activating group) is 1. The monoisotopic (exact) mass is 177 g/mol. The third-order valence-electron chi connectivity index (χ3n) is 2.03. The summed E-state index contributed by atoms with van der Waals surface area (Å²) < 4.78 is 5.17. The van der Waals surface area contributed by atoms with Crippen molar-refractivity contribution in [1.82, 2.24) is 4.90 Å². The van der Waals surface area contributed by atoms with Gasteiger partial charge in [-0.2, -0.15) is 0 Å². The van der Waals surface area contributed by atoms with Crippen molar-refractivity contribution in [3.8, 4) is 0 Å². The van der Waals surface area contributed by atoms with E-state index in [1.807, 2.05) is 0 Å². The summed E-state index contributed by atoms with van der Waals surface area (Å²) in [7, 11) is 3.47. The molecule has 0 aromatic rings. The molecule has 0 saturated carbocycles. The number of aliphatic hydroxyl groups is 3. The summed E-state index contributed by atoms with van der Waals surface area (Å²) >= 11 is 0. The van der Waals surface area contributed by atoms with Crippen molar-refractivity contribution in [2.24, 2.45) is 0 Å². The Balaban J connectivity index is 2.60. The second-order valence-electron chi connectivity index (χ2n) is 3.19.